The summed E-state index contributed by atoms with van der Waals surface area (Å²) in [6, 6.07) is 9.70. The minimum absolute atomic E-state index is 0.0446. The molecule has 0 aliphatic rings. The van der Waals surface area contributed by atoms with Crippen LogP contribution < -0.4 is 4.90 Å². The first-order valence-corrected chi connectivity index (χ1v) is 9.14. The van der Waals surface area contributed by atoms with Gasteiger partial charge in [-0.3, -0.25) is 14.4 Å². The number of amides is 1. The van der Waals surface area contributed by atoms with Crippen molar-refractivity contribution in [3.63, 3.8) is 0 Å². The van der Waals surface area contributed by atoms with E-state index >= 15 is 0 Å². The molecule has 0 atom stereocenters. The molecule has 2 heterocycles. The van der Waals surface area contributed by atoms with E-state index in [1.54, 1.807) is 4.90 Å². The Morgan fingerprint density at radius 3 is 2.48 bits per heavy atom. The van der Waals surface area contributed by atoms with E-state index in [9.17, 15) is 4.79 Å². The van der Waals surface area contributed by atoms with E-state index in [-0.39, 0.29) is 5.91 Å². The van der Waals surface area contributed by atoms with E-state index in [1.165, 1.54) is 11.3 Å². The minimum Gasteiger partial charge on any atom is -0.274 e. The van der Waals surface area contributed by atoms with Gasteiger partial charge in [-0.15, -0.1) is 11.3 Å². The number of nitrogens with zero attached hydrogens (tertiary/aromatic N) is 4. The highest BCUT2D eigenvalue weighted by atomic mass is 32.1. The van der Waals surface area contributed by atoms with Gasteiger partial charge < -0.3 is 0 Å². The molecule has 0 bridgehead atoms. The average molecular weight is 354 g/mol. The maximum absolute atomic E-state index is 13.0. The maximum Gasteiger partial charge on any atom is 0.233 e. The average Bonchev–Trinajstić information content (AvgIpc) is 3.11. The zero-order valence-electron chi connectivity index (χ0n) is 15.0. The molecule has 0 spiro atoms. The van der Waals surface area contributed by atoms with Gasteiger partial charge in [-0.2, -0.15) is 5.10 Å². The Kier molecular flexibility index (Phi) is 4.99. The highest BCUT2D eigenvalue weighted by molar-refractivity contribution is 7.14. The maximum atomic E-state index is 13.0. The quantitative estimate of drug-likeness (QED) is 0.693. The number of aryl methyl sites for hydroxylation is 3. The molecule has 0 fully saturated rings. The van der Waals surface area contributed by atoms with Crippen LogP contribution in [-0.2, 0) is 18.3 Å². The standard InChI is InChI=1S/C19H22N4OS/c1-13-12-25-19(20-13)23(16-8-6-5-7-9-16)18(24)11-10-17-14(2)21-22(4)15(17)3/h5-9,12H,10-11H2,1-4H3. The van der Waals surface area contributed by atoms with Crippen LogP contribution in [0.2, 0.25) is 0 Å². The number of rotatable bonds is 5. The molecule has 0 unspecified atom stereocenters. The predicted molar refractivity (Wildman–Crippen MR) is 101 cm³/mol. The number of hydrogen-bond acceptors (Lipinski definition) is 4. The number of carbonyl (C=O) groups is 1. The molecule has 25 heavy (non-hydrogen) atoms. The van der Waals surface area contributed by atoms with Crippen molar-refractivity contribution in [3.8, 4) is 0 Å². The van der Waals surface area contributed by atoms with Gasteiger partial charge in [-0.1, -0.05) is 18.2 Å². The number of para-hydroxylation sites is 1. The summed E-state index contributed by atoms with van der Waals surface area (Å²) in [5.41, 5.74) is 5.03. The van der Waals surface area contributed by atoms with Crippen molar-refractivity contribution in [3.05, 3.63) is 58.4 Å². The lowest BCUT2D eigenvalue weighted by Gasteiger charge is -2.20. The third-order valence-corrected chi connectivity index (χ3v) is 5.25. The number of hydrogen-bond donors (Lipinski definition) is 0. The van der Waals surface area contributed by atoms with Crippen LogP contribution in [0.1, 0.15) is 29.1 Å². The molecule has 0 aliphatic heterocycles. The van der Waals surface area contributed by atoms with E-state index < -0.39 is 0 Å². The fourth-order valence-electron chi connectivity index (χ4n) is 2.91. The monoisotopic (exact) mass is 354 g/mol. The molecule has 2 aromatic heterocycles. The fraction of sp³-hybridized carbons (Fsp3) is 0.316. The zero-order valence-corrected chi connectivity index (χ0v) is 15.8. The number of carbonyl (C=O) groups excluding carboxylic acids is 1. The van der Waals surface area contributed by atoms with Gasteiger partial charge in [0, 0.05) is 24.5 Å². The van der Waals surface area contributed by atoms with Crippen molar-refractivity contribution in [1.29, 1.82) is 0 Å². The second-order valence-electron chi connectivity index (χ2n) is 6.11. The molecule has 0 saturated heterocycles. The van der Waals surface area contributed by atoms with Crippen LogP contribution in [0.4, 0.5) is 10.8 Å². The molecule has 0 aliphatic carbocycles. The zero-order chi connectivity index (χ0) is 18.0. The lowest BCUT2D eigenvalue weighted by Crippen LogP contribution is -2.26. The summed E-state index contributed by atoms with van der Waals surface area (Å²) in [6.07, 6.45) is 1.10. The van der Waals surface area contributed by atoms with Crippen LogP contribution in [0, 0.1) is 20.8 Å². The number of benzene rings is 1. The summed E-state index contributed by atoms with van der Waals surface area (Å²) in [6.45, 7) is 5.97. The first kappa shape index (κ1) is 17.4. The molecular formula is C19H22N4OS. The van der Waals surface area contributed by atoms with Gasteiger partial charge >= 0.3 is 0 Å². The van der Waals surface area contributed by atoms with Crippen LogP contribution in [0.5, 0.6) is 0 Å². The van der Waals surface area contributed by atoms with E-state index in [1.807, 2.05) is 68.2 Å². The molecule has 0 saturated carbocycles. The van der Waals surface area contributed by atoms with Gasteiger partial charge in [0.25, 0.3) is 0 Å². The van der Waals surface area contributed by atoms with E-state index in [0.29, 0.717) is 18.0 Å². The van der Waals surface area contributed by atoms with Gasteiger partial charge in [0.1, 0.15) is 0 Å². The summed E-state index contributed by atoms with van der Waals surface area (Å²) >= 11 is 1.49. The molecule has 3 aromatic rings. The Morgan fingerprint density at radius 2 is 1.92 bits per heavy atom. The van der Waals surface area contributed by atoms with Crippen LogP contribution in [-0.4, -0.2) is 20.7 Å². The minimum atomic E-state index is 0.0446. The Hall–Kier alpha value is -2.47. The summed E-state index contributed by atoms with van der Waals surface area (Å²) < 4.78 is 1.87. The van der Waals surface area contributed by atoms with E-state index in [4.69, 9.17) is 0 Å². The smallest absolute Gasteiger partial charge is 0.233 e. The Morgan fingerprint density at radius 1 is 1.20 bits per heavy atom. The molecule has 6 heteroatoms. The lowest BCUT2D eigenvalue weighted by atomic mass is 10.1. The van der Waals surface area contributed by atoms with Gasteiger partial charge in [0.05, 0.1) is 17.1 Å². The second-order valence-corrected chi connectivity index (χ2v) is 6.95. The molecule has 0 N–H and O–H groups in total. The van der Waals surface area contributed by atoms with E-state index in [0.717, 1.165) is 28.3 Å². The number of anilines is 2. The molecule has 1 aromatic carbocycles. The van der Waals surface area contributed by atoms with Crippen molar-refractivity contribution in [2.75, 3.05) is 4.90 Å². The SMILES string of the molecule is Cc1csc(N(C(=O)CCc2c(C)nn(C)c2C)c2ccccc2)n1. The van der Waals surface area contributed by atoms with Crippen molar-refractivity contribution >= 4 is 28.1 Å². The van der Waals surface area contributed by atoms with Crippen molar-refractivity contribution < 1.29 is 4.79 Å². The van der Waals surface area contributed by atoms with Crippen molar-refractivity contribution in [1.82, 2.24) is 14.8 Å². The van der Waals surface area contributed by atoms with E-state index in [2.05, 4.69) is 10.1 Å². The summed E-state index contributed by atoms with van der Waals surface area (Å²) in [5.74, 6) is 0.0446. The molecule has 5 nitrogen and oxygen atoms in total. The molecular weight excluding hydrogens is 332 g/mol. The van der Waals surface area contributed by atoms with Crippen LogP contribution in [0.25, 0.3) is 0 Å². The predicted octanol–water partition coefficient (Wildman–Crippen LogP) is 4.10. The van der Waals surface area contributed by atoms with Gasteiger partial charge in [-0.25, -0.2) is 4.98 Å². The Bertz CT molecular complexity index is 882. The topological polar surface area (TPSA) is 51.0 Å². The van der Waals surface area contributed by atoms with Crippen LogP contribution >= 0.6 is 11.3 Å². The Labute approximate surface area is 151 Å². The number of aromatic nitrogens is 3. The largest absolute Gasteiger partial charge is 0.274 e. The second kappa shape index (κ2) is 7.19. The highest BCUT2D eigenvalue weighted by Gasteiger charge is 2.21. The highest BCUT2D eigenvalue weighted by Crippen LogP contribution is 2.29. The summed E-state index contributed by atoms with van der Waals surface area (Å²) in [7, 11) is 1.93. The Balaban J connectivity index is 1.85. The number of thiazole rings is 1. The lowest BCUT2D eigenvalue weighted by molar-refractivity contribution is -0.117. The van der Waals surface area contributed by atoms with Gasteiger partial charge in [0.2, 0.25) is 5.91 Å². The molecule has 3 rings (SSSR count). The van der Waals surface area contributed by atoms with Crippen LogP contribution in [0.3, 0.4) is 0 Å². The fourth-order valence-corrected chi connectivity index (χ4v) is 3.74. The first-order chi connectivity index (χ1) is 12.0. The third kappa shape index (κ3) is 3.64. The third-order valence-electron chi connectivity index (χ3n) is 4.31. The van der Waals surface area contributed by atoms with Crippen LogP contribution in [0.15, 0.2) is 35.7 Å². The van der Waals surface area contributed by atoms with Crippen molar-refractivity contribution in [2.45, 2.75) is 33.6 Å². The van der Waals surface area contributed by atoms with Gasteiger partial charge in [0.15, 0.2) is 5.13 Å². The summed E-state index contributed by atoms with van der Waals surface area (Å²) in [4.78, 5) is 19.3. The summed E-state index contributed by atoms with van der Waals surface area (Å²) in [5, 5.41) is 7.12. The van der Waals surface area contributed by atoms with Gasteiger partial charge in [-0.05, 0) is 44.9 Å². The normalized spacial score (nSPS) is 10.9. The first-order valence-electron chi connectivity index (χ1n) is 8.26. The molecule has 1 amide bonds. The molecule has 130 valence electrons. The van der Waals surface area contributed by atoms with Crippen molar-refractivity contribution in [2.24, 2.45) is 7.05 Å². The molecule has 0 radical (unpaired) electrons.